The molecule has 8 heteroatoms. The van der Waals surface area contributed by atoms with E-state index in [-0.39, 0.29) is 12.1 Å². The van der Waals surface area contributed by atoms with Gasteiger partial charge in [-0.3, -0.25) is 0 Å². The molecular weight excluding hydrogens is 322 g/mol. The highest BCUT2D eigenvalue weighted by Gasteiger charge is 2.15. The second-order valence-electron chi connectivity index (χ2n) is 5.52. The molecule has 0 fully saturated rings. The summed E-state index contributed by atoms with van der Waals surface area (Å²) in [4.78, 5) is 20.1. The van der Waals surface area contributed by atoms with Gasteiger partial charge in [0.05, 0.1) is 6.04 Å². The SMILES string of the molecule is C[C@@H](NC(=O)NCCNc1ncccn1)c1ccc2c(c1)OCCO2. The van der Waals surface area contributed by atoms with E-state index in [1.165, 1.54) is 0 Å². The average molecular weight is 343 g/mol. The third-order valence-corrected chi connectivity index (χ3v) is 3.67. The summed E-state index contributed by atoms with van der Waals surface area (Å²) >= 11 is 0. The molecule has 1 aromatic carbocycles. The minimum Gasteiger partial charge on any atom is -0.486 e. The van der Waals surface area contributed by atoms with Crippen LogP contribution in [0.5, 0.6) is 11.5 Å². The van der Waals surface area contributed by atoms with Crippen LogP contribution >= 0.6 is 0 Å². The monoisotopic (exact) mass is 343 g/mol. The van der Waals surface area contributed by atoms with Gasteiger partial charge >= 0.3 is 6.03 Å². The number of ether oxygens (including phenoxy) is 2. The van der Waals surface area contributed by atoms with E-state index < -0.39 is 0 Å². The number of anilines is 1. The number of hydrogen-bond acceptors (Lipinski definition) is 6. The summed E-state index contributed by atoms with van der Waals surface area (Å²) < 4.78 is 11.1. The molecule has 0 saturated heterocycles. The van der Waals surface area contributed by atoms with E-state index in [2.05, 4.69) is 25.9 Å². The molecule has 1 aliphatic heterocycles. The van der Waals surface area contributed by atoms with E-state index in [0.29, 0.717) is 38.0 Å². The van der Waals surface area contributed by atoms with Crippen LogP contribution in [0, 0.1) is 0 Å². The Bertz CT molecular complexity index is 711. The van der Waals surface area contributed by atoms with Crippen molar-refractivity contribution in [3.8, 4) is 11.5 Å². The summed E-state index contributed by atoms with van der Waals surface area (Å²) in [5.41, 5.74) is 0.954. The molecular formula is C17H21N5O3. The van der Waals surface area contributed by atoms with Crippen LogP contribution in [0.25, 0.3) is 0 Å². The topological polar surface area (TPSA) is 97.4 Å². The van der Waals surface area contributed by atoms with Crippen LogP contribution < -0.4 is 25.4 Å². The minimum absolute atomic E-state index is 0.152. The number of carbonyl (C=O) groups is 1. The van der Waals surface area contributed by atoms with Crippen LogP contribution in [-0.2, 0) is 0 Å². The van der Waals surface area contributed by atoms with Gasteiger partial charge in [0, 0.05) is 25.5 Å². The molecule has 3 rings (SSSR count). The van der Waals surface area contributed by atoms with Crippen molar-refractivity contribution in [2.75, 3.05) is 31.6 Å². The number of aromatic nitrogens is 2. The quantitative estimate of drug-likeness (QED) is 0.691. The Labute approximate surface area is 146 Å². The van der Waals surface area contributed by atoms with Crippen LogP contribution in [0.1, 0.15) is 18.5 Å². The van der Waals surface area contributed by atoms with Gasteiger partial charge < -0.3 is 25.4 Å². The lowest BCUT2D eigenvalue weighted by Crippen LogP contribution is -2.39. The molecule has 0 aliphatic carbocycles. The molecule has 25 heavy (non-hydrogen) atoms. The van der Waals surface area contributed by atoms with Gasteiger partial charge in [-0.05, 0) is 30.7 Å². The zero-order valence-corrected chi connectivity index (χ0v) is 14.0. The number of amides is 2. The van der Waals surface area contributed by atoms with Gasteiger partial charge in [0.2, 0.25) is 5.95 Å². The van der Waals surface area contributed by atoms with Crippen LogP contribution in [0.2, 0.25) is 0 Å². The number of urea groups is 1. The molecule has 1 atom stereocenters. The zero-order chi connectivity index (χ0) is 17.5. The summed E-state index contributed by atoms with van der Waals surface area (Å²) in [7, 11) is 0. The van der Waals surface area contributed by atoms with E-state index in [1.54, 1.807) is 18.5 Å². The van der Waals surface area contributed by atoms with Crippen LogP contribution in [-0.4, -0.2) is 42.3 Å². The molecule has 1 aromatic heterocycles. The molecule has 3 N–H and O–H groups in total. The Morgan fingerprint density at radius 1 is 1.16 bits per heavy atom. The standard InChI is InChI=1S/C17H21N5O3/c1-12(13-3-4-14-15(11-13)25-10-9-24-14)22-17(23)21-8-7-20-16-18-5-2-6-19-16/h2-6,11-12H,7-10H2,1H3,(H,18,19,20)(H2,21,22,23)/t12-/m1/s1. The molecule has 2 heterocycles. The van der Waals surface area contributed by atoms with Crippen LogP contribution in [0.15, 0.2) is 36.7 Å². The lowest BCUT2D eigenvalue weighted by Gasteiger charge is -2.21. The Hall–Kier alpha value is -3.03. The molecule has 2 amide bonds. The summed E-state index contributed by atoms with van der Waals surface area (Å²) in [5.74, 6) is 1.99. The Kier molecular flexibility index (Phi) is 5.50. The fraction of sp³-hybridized carbons (Fsp3) is 0.353. The van der Waals surface area contributed by atoms with Crippen LogP contribution in [0.4, 0.5) is 10.7 Å². The first-order valence-corrected chi connectivity index (χ1v) is 8.17. The number of rotatable bonds is 6. The van der Waals surface area contributed by atoms with Crippen molar-refractivity contribution >= 4 is 12.0 Å². The van der Waals surface area contributed by atoms with Gasteiger partial charge in [-0.2, -0.15) is 0 Å². The third kappa shape index (κ3) is 4.72. The minimum atomic E-state index is -0.238. The fourth-order valence-corrected chi connectivity index (χ4v) is 2.40. The Morgan fingerprint density at radius 3 is 2.72 bits per heavy atom. The highest BCUT2D eigenvalue weighted by atomic mass is 16.6. The van der Waals surface area contributed by atoms with E-state index in [1.807, 2.05) is 25.1 Å². The van der Waals surface area contributed by atoms with Gasteiger partial charge in [0.25, 0.3) is 0 Å². The molecule has 8 nitrogen and oxygen atoms in total. The third-order valence-electron chi connectivity index (χ3n) is 3.67. The van der Waals surface area contributed by atoms with Gasteiger partial charge in [-0.25, -0.2) is 14.8 Å². The van der Waals surface area contributed by atoms with E-state index in [9.17, 15) is 4.79 Å². The van der Waals surface area contributed by atoms with Crippen molar-refractivity contribution in [1.82, 2.24) is 20.6 Å². The maximum atomic E-state index is 12.0. The van der Waals surface area contributed by atoms with Gasteiger partial charge in [-0.15, -0.1) is 0 Å². The van der Waals surface area contributed by atoms with Gasteiger partial charge in [-0.1, -0.05) is 6.07 Å². The fourth-order valence-electron chi connectivity index (χ4n) is 2.40. The van der Waals surface area contributed by atoms with E-state index in [4.69, 9.17) is 9.47 Å². The number of nitrogens with one attached hydrogen (secondary N) is 3. The van der Waals surface area contributed by atoms with E-state index >= 15 is 0 Å². The van der Waals surface area contributed by atoms with Gasteiger partial charge in [0.1, 0.15) is 13.2 Å². The largest absolute Gasteiger partial charge is 0.486 e. The maximum Gasteiger partial charge on any atom is 0.315 e. The molecule has 0 bridgehead atoms. The highest BCUT2D eigenvalue weighted by molar-refractivity contribution is 5.74. The number of nitrogens with zero attached hydrogens (tertiary/aromatic N) is 2. The second kappa shape index (κ2) is 8.18. The molecule has 0 radical (unpaired) electrons. The lowest BCUT2D eigenvalue weighted by atomic mass is 10.1. The number of fused-ring (bicyclic) bond motifs is 1. The van der Waals surface area contributed by atoms with Gasteiger partial charge in [0.15, 0.2) is 11.5 Å². The molecule has 1 aliphatic rings. The Balaban J connectivity index is 1.43. The lowest BCUT2D eigenvalue weighted by molar-refractivity contribution is 0.171. The summed E-state index contributed by atoms with van der Waals surface area (Å²) in [5, 5.41) is 8.71. The molecule has 0 unspecified atom stereocenters. The van der Waals surface area contributed by atoms with Crippen molar-refractivity contribution in [2.24, 2.45) is 0 Å². The smallest absolute Gasteiger partial charge is 0.315 e. The highest BCUT2D eigenvalue weighted by Crippen LogP contribution is 2.32. The molecule has 0 saturated carbocycles. The molecule has 2 aromatic rings. The number of benzene rings is 1. The molecule has 132 valence electrons. The average Bonchev–Trinajstić information content (AvgIpc) is 2.65. The summed E-state index contributed by atoms with van der Waals surface area (Å²) in [6, 6.07) is 7.04. The number of hydrogen-bond donors (Lipinski definition) is 3. The first-order chi connectivity index (χ1) is 12.2. The second-order valence-corrected chi connectivity index (χ2v) is 5.52. The van der Waals surface area contributed by atoms with Crippen molar-refractivity contribution < 1.29 is 14.3 Å². The van der Waals surface area contributed by atoms with Crippen LogP contribution in [0.3, 0.4) is 0 Å². The van der Waals surface area contributed by atoms with Crippen molar-refractivity contribution in [2.45, 2.75) is 13.0 Å². The first-order valence-electron chi connectivity index (χ1n) is 8.17. The summed E-state index contributed by atoms with van der Waals surface area (Å²) in [6.45, 7) is 4.01. The number of carbonyl (C=O) groups excluding carboxylic acids is 1. The normalized spacial score (nSPS) is 13.6. The predicted molar refractivity (Wildman–Crippen MR) is 92.9 cm³/mol. The van der Waals surface area contributed by atoms with Crippen molar-refractivity contribution in [3.05, 3.63) is 42.2 Å². The molecule has 0 spiro atoms. The van der Waals surface area contributed by atoms with Crippen molar-refractivity contribution in [3.63, 3.8) is 0 Å². The predicted octanol–water partition coefficient (Wildman–Crippen LogP) is 1.72. The Morgan fingerprint density at radius 2 is 1.92 bits per heavy atom. The van der Waals surface area contributed by atoms with Crippen molar-refractivity contribution in [1.29, 1.82) is 0 Å². The zero-order valence-electron chi connectivity index (χ0n) is 14.0. The maximum absolute atomic E-state index is 12.0. The summed E-state index contributed by atoms with van der Waals surface area (Å²) in [6.07, 6.45) is 3.31. The van der Waals surface area contributed by atoms with E-state index in [0.717, 1.165) is 11.3 Å². The first kappa shape index (κ1) is 16.8.